The van der Waals surface area contributed by atoms with Gasteiger partial charge in [0.25, 0.3) is 0 Å². The van der Waals surface area contributed by atoms with Gasteiger partial charge in [0.05, 0.1) is 17.9 Å². The van der Waals surface area contributed by atoms with Gasteiger partial charge in [-0.2, -0.15) is 8.42 Å². The molecule has 13 heteroatoms. The van der Waals surface area contributed by atoms with Crippen LogP contribution in [0.15, 0.2) is 12.7 Å². The fraction of sp³-hybridized carbons (Fsp3) is 0.839. The Morgan fingerprint density at radius 2 is 1.80 bits per heavy atom. The summed E-state index contributed by atoms with van der Waals surface area (Å²) < 4.78 is 37.5. The molecule has 1 amide bonds. The Labute approximate surface area is 267 Å². The third kappa shape index (κ3) is 8.44. The Bertz CT molecular complexity index is 1180. The second-order valence-corrected chi connectivity index (χ2v) is 17.1. The summed E-state index contributed by atoms with van der Waals surface area (Å²) in [5, 5.41) is 14.6. The van der Waals surface area contributed by atoms with Gasteiger partial charge in [0.2, 0.25) is 5.91 Å². The van der Waals surface area contributed by atoms with Gasteiger partial charge >= 0.3 is 16.4 Å². The molecule has 0 radical (unpaired) electrons. The normalized spacial score (nSPS) is 36.2. The molecule has 9 atom stereocenters. The van der Waals surface area contributed by atoms with Crippen LogP contribution in [0.4, 0.5) is 0 Å². The van der Waals surface area contributed by atoms with E-state index in [-0.39, 0.29) is 52.5 Å². The predicted molar refractivity (Wildman–Crippen MR) is 171 cm³/mol. The number of ketones is 1. The fourth-order valence-electron chi connectivity index (χ4n) is 7.72. The maximum absolute atomic E-state index is 13.5. The number of aliphatic hydroxyl groups is 1. The Kier molecular flexibility index (Phi) is 12.4. The van der Waals surface area contributed by atoms with E-state index in [1.807, 2.05) is 40.7 Å². The number of nitrogens with one attached hydrogen (secondary N) is 1. The number of thioether (sulfide) groups is 1. The number of carbonyl (C=O) groups excluding carboxylic acids is 3. The van der Waals surface area contributed by atoms with Crippen molar-refractivity contribution >= 4 is 39.8 Å². The van der Waals surface area contributed by atoms with E-state index in [2.05, 4.69) is 32.7 Å². The highest BCUT2D eigenvalue weighted by Crippen LogP contribution is 2.68. The number of aliphatic hydroxyl groups excluding tert-OH is 1. The van der Waals surface area contributed by atoms with Crippen LogP contribution in [0.25, 0.3) is 0 Å². The molecule has 3 aliphatic carbocycles. The van der Waals surface area contributed by atoms with Crippen molar-refractivity contribution in [2.24, 2.45) is 45.7 Å². The molecular formula is C31H54N2O9S2. The highest BCUT2D eigenvalue weighted by molar-refractivity contribution is 8.01. The molecular weight excluding hydrogens is 608 g/mol. The highest BCUT2D eigenvalue weighted by atomic mass is 32.3. The molecule has 3 saturated carbocycles. The summed E-state index contributed by atoms with van der Waals surface area (Å²) in [6.45, 7) is 20.7. The van der Waals surface area contributed by atoms with Gasteiger partial charge in [0.1, 0.15) is 11.9 Å². The van der Waals surface area contributed by atoms with Crippen LogP contribution in [0.1, 0.15) is 87.5 Å². The van der Waals surface area contributed by atoms with Gasteiger partial charge in [-0.15, -0.1) is 18.3 Å². The van der Waals surface area contributed by atoms with Gasteiger partial charge in [0, 0.05) is 34.5 Å². The zero-order chi connectivity index (χ0) is 34.1. The summed E-state index contributed by atoms with van der Waals surface area (Å²) in [5.41, 5.74) is 4.49. The number of hydrogen-bond donors (Lipinski definition) is 5. The lowest BCUT2D eigenvalue weighted by Crippen LogP contribution is -2.63. The van der Waals surface area contributed by atoms with Crippen molar-refractivity contribution in [3.8, 4) is 0 Å². The average molecular weight is 663 g/mol. The first-order valence-electron chi connectivity index (χ1n) is 15.4. The molecule has 3 rings (SSSR count). The van der Waals surface area contributed by atoms with E-state index in [9.17, 15) is 19.5 Å². The van der Waals surface area contributed by atoms with Crippen LogP contribution in [0, 0.1) is 39.9 Å². The molecule has 11 nitrogen and oxygen atoms in total. The third-order valence-corrected chi connectivity index (χ3v) is 12.2. The summed E-state index contributed by atoms with van der Waals surface area (Å²) in [5.74, 6) is -0.243. The van der Waals surface area contributed by atoms with Crippen LogP contribution in [0.2, 0.25) is 0 Å². The first-order valence-corrected chi connectivity index (χ1v) is 17.7. The summed E-state index contributed by atoms with van der Waals surface area (Å²) in [7, 11) is -4.67. The lowest BCUT2D eigenvalue weighted by Gasteiger charge is -2.61. The van der Waals surface area contributed by atoms with Gasteiger partial charge < -0.3 is 20.9 Å². The van der Waals surface area contributed by atoms with Crippen LogP contribution >= 0.6 is 11.8 Å². The minimum absolute atomic E-state index is 0.0382. The molecule has 6 N–H and O–H groups in total. The first kappa shape index (κ1) is 38.7. The molecule has 2 unspecified atom stereocenters. The summed E-state index contributed by atoms with van der Waals surface area (Å²) >= 11 is 1.43. The fourth-order valence-corrected chi connectivity index (χ4v) is 8.47. The first-order chi connectivity index (χ1) is 19.9. The minimum Gasteiger partial charge on any atom is -0.461 e. The van der Waals surface area contributed by atoms with Gasteiger partial charge in [0.15, 0.2) is 0 Å². The summed E-state index contributed by atoms with van der Waals surface area (Å²) in [6.07, 6.45) is 4.17. The van der Waals surface area contributed by atoms with E-state index in [0.29, 0.717) is 19.4 Å². The third-order valence-electron chi connectivity index (χ3n) is 10.9. The Balaban J connectivity index is 0.00000125. The molecule has 0 aromatic rings. The SMILES string of the molecule is C=C[C@]1(C)C[C@@H](OC(=O)CSC(C)(C)CNC(=O)[C@H](N)C(C)C)[C@@]2(C)C3C(=O)CCC3(CC[C@H]2C)[C@@H](C)[C@@H]1O.O=S(=O)(O)O. The number of esters is 1. The van der Waals surface area contributed by atoms with Crippen molar-refractivity contribution in [3.63, 3.8) is 0 Å². The van der Waals surface area contributed by atoms with Crippen molar-refractivity contribution in [1.29, 1.82) is 0 Å². The Hall–Kier alpha value is -1.51. The van der Waals surface area contributed by atoms with Crippen LogP contribution in [0.5, 0.6) is 0 Å². The molecule has 3 fully saturated rings. The average Bonchev–Trinajstić information content (AvgIpc) is 3.27. The van der Waals surface area contributed by atoms with Crippen molar-refractivity contribution < 1.29 is 41.8 Å². The van der Waals surface area contributed by atoms with Gasteiger partial charge in [-0.05, 0) is 62.7 Å². The van der Waals surface area contributed by atoms with Crippen molar-refractivity contribution in [3.05, 3.63) is 12.7 Å². The number of rotatable bonds is 9. The summed E-state index contributed by atoms with van der Waals surface area (Å²) in [4.78, 5) is 39.2. The molecule has 0 saturated heterocycles. The molecule has 0 aliphatic heterocycles. The highest BCUT2D eigenvalue weighted by Gasteiger charge is 2.68. The molecule has 0 spiro atoms. The van der Waals surface area contributed by atoms with Crippen LogP contribution in [-0.2, 0) is 29.5 Å². The Morgan fingerprint density at radius 3 is 2.32 bits per heavy atom. The standard InChI is InChI=1S/C31H52N2O5S.H2O4S/c1-10-29(8)15-22(38-23(35)16-39-28(6,7)17-33-27(37)24(32)18(2)3)30(9)19(4)11-13-31(20(5)26(29)36)14-12-21(34)25(30)31;1-5(2,3)4/h10,18-20,22,24-26,36H,1,11-17,32H2,2-9H3,(H,33,37);(H2,1,2,3,4)/t19-,20+,22-,24-,25?,26+,29-,30+,31?;/m1./s1. The quantitative estimate of drug-likeness (QED) is 0.137. The molecule has 2 bridgehead atoms. The second kappa shape index (κ2) is 14.1. The zero-order valence-electron chi connectivity index (χ0n) is 27.5. The van der Waals surface area contributed by atoms with Gasteiger partial charge in [-0.1, -0.05) is 47.6 Å². The molecule has 0 aromatic carbocycles. The second-order valence-electron chi connectivity index (χ2n) is 14.5. The van der Waals surface area contributed by atoms with Crippen molar-refractivity contribution in [2.75, 3.05) is 12.3 Å². The number of amides is 1. The Morgan fingerprint density at radius 1 is 1.23 bits per heavy atom. The largest absolute Gasteiger partial charge is 0.461 e. The molecule has 3 aliphatic rings. The van der Waals surface area contributed by atoms with E-state index in [1.165, 1.54) is 11.8 Å². The van der Waals surface area contributed by atoms with Crippen LogP contribution in [0.3, 0.4) is 0 Å². The monoisotopic (exact) mass is 662 g/mol. The van der Waals surface area contributed by atoms with Crippen LogP contribution < -0.4 is 11.1 Å². The lowest BCUT2D eigenvalue weighted by atomic mass is 9.44. The molecule has 0 heterocycles. The van der Waals surface area contributed by atoms with Crippen molar-refractivity contribution in [2.45, 2.75) is 110 Å². The number of Topliss-reactive ketones (excluding diaryl/α,β-unsaturated/α-hetero) is 1. The van der Waals surface area contributed by atoms with Gasteiger partial charge in [-0.3, -0.25) is 23.5 Å². The number of carbonyl (C=O) groups is 3. The van der Waals surface area contributed by atoms with E-state index in [4.69, 9.17) is 28.0 Å². The van der Waals surface area contributed by atoms with E-state index in [0.717, 1.165) is 19.3 Å². The van der Waals surface area contributed by atoms with E-state index >= 15 is 0 Å². The van der Waals surface area contributed by atoms with Gasteiger partial charge in [-0.25, -0.2) is 0 Å². The molecule has 44 heavy (non-hydrogen) atoms. The smallest absolute Gasteiger partial charge is 0.394 e. The number of ether oxygens (including phenoxy) is 1. The predicted octanol–water partition coefficient (Wildman–Crippen LogP) is 3.85. The topological polar surface area (TPSA) is 193 Å². The maximum atomic E-state index is 13.5. The zero-order valence-corrected chi connectivity index (χ0v) is 29.1. The molecule has 254 valence electrons. The minimum atomic E-state index is -4.67. The van der Waals surface area contributed by atoms with Crippen LogP contribution in [-0.4, -0.2) is 75.6 Å². The maximum Gasteiger partial charge on any atom is 0.394 e. The van der Waals surface area contributed by atoms with E-state index in [1.54, 1.807) is 0 Å². The van der Waals surface area contributed by atoms with Crippen molar-refractivity contribution in [1.82, 2.24) is 5.32 Å². The molecule has 0 aromatic heterocycles. The lowest BCUT2D eigenvalue weighted by molar-refractivity contribution is -0.205. The van der Waals surface area contributed by atoms with E-state index < -0.39 is 44.2 Å². The summed E-state index contributed by atoms with van der Waals surface area (Å²) in [6, 6.07) is -0.573. The number of hydrogen-bond acceptors (Lipinski definition) is 9. The number of nitrogens with two attached hydrogens (primary N) is 1.